The van der Waals surface area contributed by atoms with Crippen molar-refractivity contribution in [3.05, 3.63) is 65.2 Å². The third-order valence-corrected chi connectivity index (χ3v) is 5.62. The van der Waals surface area contributed by atoms with Gasteiger partial charge in [0, 0.05) is 25.1 Å². The number of benzene rings is 2. The topological polar surface area (TPSA) is 52.6 Å². The molecule has 1 heterocycles. The van der Waals surface area contributed by atoms with E-state index < -0.39 is 11.7 Å². The minimum atomic E-state index is -4.38. The van der Waals surface area contributed by atoms with E-state index in [2.05, 4.69) is 10.2 Å². The van der Waals surface area contributed by atoms with E-state index in [0.29, 0.717) is 23.7 Å². The molecule has 2 aromatic rings. The molecule has 162 valence electrons. The van der Waals surface area contributed by atoms with E-state index in [1.54, 1.807) is 12.1 Å². The molecule has 7 heteroatoms. The van der Waals surface area contributed by atoms with E-state index in [1.165, 1.54) is 6.07 Å². The molecule has 0 atom stereocenters. The quantitative estimate of drug-likeness (QED) is 0.682. The van der Waals surface area contributed by atoms with E-state index in [1.807, 2.05) is 18.2 Å². The summed E-state index contributed by atoms with van der Waals surface area (Å²) in [5.41, 5.74) is 0.658. The number of halogens is 3. The molecule has 1 aliphatic heterocycles. The van der Waals surface area contributed by atoms with Crippen LogP contribution in [0.3, 0.4) is 0 Å². The van der Waals surface area contributed by atoms with Crippen LogP contribution in [-0.4, -0.2) is 29.0 Å². The van der Waals surface area contributed by atoms with Crippen LogP contribution in [0.15, 0.2) is 48.5 Å². The second-order valence-corrected chi connectivity index (χ2v) is 7.86. The molecular formula is C23H27F3N2O2. The zero-order chi connectivity index (χ0) is 21.6. The van der Waals surface area contributed by atoms with Gasteiger partial charge in [0.25, 0.3) is 0 Å². The van der Waals surface area contributed by atoms with Gasteiger partial charge in [-0.15, -0.1) is 0 Å². The number of hydrogen-bond donors (Lipinski definition) is 2. The molecule has 0 aliphatic carbocycles. The Hall–Kier alpha value is -2.54. The van der Waals surface area contributed by atoms with Crippen molar-refractivity contribution in [2.75, 3.05) is 13.1 Å². The average Bonchev–Trinajstić information content (AvgIpc) is 2.73. The van der Waals surface area contributed by atoms with Crippen LogP contribution in [0, 0.1) is 5.92 Å². The van der Waals surface area contributed by atoms with Crippen LogP contribution in [-0.2, 0) is 24.1 Å². The highest BCUT2D eigenvalue weighted by atomic mass is 19.4. The molecule has 0 unspecified atom stereocenters. The van der Waals surface area contributed by atoms with Gasteiger partial charge in [0.2, 0.25) is 5.91 Å². The summed E-state index contributed by atoms with van der Waals surface area (Å²) in [5, 5.41) is 12.6. The lowest BCUT2D eigenvalue weighted by Gasteiger charge is -2.32. The highest BCUT2D eigenvalue weighted by Crippen LogP contribution is 2.29. The van der Waals surface area contributed by atoms with Crippen molar-refractivity contribution in [1.82, 2.24) is 10.2 Å². The highest BCUT2D eigenvalue weighted by Gasteiger charge is 2.30. The number of hydrogen-bond acceptors (Lipinski definition) is 3. The van der Waals surface area contributed by atoms with Crippen LogP contribution in [0.4, 0.5) is 13.2 Å². The molecule has 0 aromatic heterocycles. The fraction of sp³-hybridized carbons (Fsp3) is 0.435. The fourth-order valence-electron chi connectivity index (χ4n) is 3.80. The number of phenolic OH excluding ortho intramolecular Hbond substituents is 1. The van der Waals surface area contributed by atoms with E-state index >= 15 is 0 Å². The molecule has 30 heavy (non-hydrogen) atoms. The van der Waals surface area contributed by atoms with Crippen molar-refractivity contribution in [2.45, 2.75) is 44.9 Å². The van der Waals surface area contributed by atoms with Gasteiger partial charge in [-0.25, -0.2) is 0 Å². The Morgan fingerprint density at radius 3 is 2.53 bits per heavy atom. The summed E-state index contributed by atoms with van der Waals surface area (Å²) >= 11 is 0. The van der Waals surface area contributed by atoms with Gasteiger partial charge in [-0.3, -0.25) is 9.69 Å². The van der Waals surface area contributed by atoms with Gasteiger partial charge in [0.05, 0.1) is 5.56 Å². The van der Waals surface area contributed by atoms with Crippen molar-refractivity contribution < 1.29 is 23.1 Å². The molecular weight excluding hydrogens is 393 g/mol. The van der Waals surface area contributed by atoms with Gasteiger partial charge < -0.3 is 10.4 Å². The monoisotopic (exact) mass is 420 g/mol. The number of carbonyl (C=O) groups is 1. The normalized spacial score (nSPS) is 15.8. The van der Waals surface area contributed by atoms with Crippen molar-refractivity contribution in [3.8, 4) is 5.75 Å². The molecule has 0 bridgehead atoms. The number of aromatic hydroxyl groups is 1. The summed E-state index contributed by atoms with van der Waals surface area (Å²) < 4.78 is 38.3. The number of amides is 1. The first-order valence-corrected chi connectivity index (χ1v) is 10.2. The number of rotatable bonds is 7. The maximum absolute atomic E-state index is 12.8. The minimum absolute atomic E-state index is 0.0990. The Morgan fingerprint density at radius 2 is 1.83 bits per heavy atom. The molecule has 3 rings (SSSR count). The first-order valence-electron chi connectivity index (χ1n) is 10.2. The number of carbonyl (C=O) groups excluding carboxylic acids is 1. The van der Waals surface area contributed by atoms with Crippen molar-refractivity contribution in [2.24, 2.45) is 5.92 Å². The molecule has 2 N–H and O–H groups in total. The lowest BCUT2D eigenvalue weighted by molar-refractivity contribution is -0.137. The Bertz CT molecular complexity index is 846. The van der Waals surface area contributed by atoms with E-state index in [9.17, 15) is 23.1 Å². The zero-order valence-corrected chi connectivity index (χ0v) is 16.8. The first-order chi connectivity index (χ1) is 14.3. The molecule has 1 saturated heterocycles. The lowest BCUT2D eigenvalue weighted by atomic mass is 9.92. The van der Waals surface area contributed by atoms with Crippen LogP contribution >= 0.6 is 0 Å². The number of nitrogens with zero attached hydrogens (tertiary/aromatic N) is 1. The number of likely N-dealkylation sites (tertiary alicyclic amines) is 1. The number of phenols is 1. The smallest absolute Gasteiger partial charge is 0.416 e. The van der Waals surface area contributed by atoms with Gasteiger partial charge in [-0.1, -0.05) is 30.3 Å². The van der Waals surface area contributed by atoms with Gasteiger partial charge in [0.15, 0.2) is 0 Å². The number of alkyl halides is 3. The van der Waals surface area contributed by atoms with Gasteiger partial charge >= 0.3 is 6.18 Å². The molecule has 0 radical (unpaired) electrons. The second-order valence-electron chi connectivity index (χ2n) is 7.86. The number of para-hydroxylation sites is 1. The van der Waals surface area contributed by atoms with Crippen LogP contribution in [0.5, 0.6) is 5.75 Å². The summed E-state index contributed by atoms with van der Waals surface area (Å²) in [6.07, 6.45) is -1.24. The summed E-state index contributed by atoms with van der Waals surface area (Å²) in [4.78, 5) is 14.4. The highest BCUT2D eigenvalue weighted by molar-refractivity contribution is 5.75. The van der Waals surface area contributed by atoms with Crippen molar-refractivity contribution in [3.63, 3.8) is 0 Å². The van der Waals surface area contributed by atoms with E-state index in [4.69, 9.17) is 0 Å². The molecule has 0 spiro atoms. The Morgan fingerprint density at radius 1 is 1.10 bits per heavy atom. The summed E-state index contributed by atoms with van der Waals surface area (Å²) in [7, 11) is 0. The average molecular weight is 420 g/mol. The minimum Gasteiger partial charge on any atom is -0.508 e. The standard InChI is InChI=1S/C23H27F3N2O2/c24-23(25,26)20-6-3-4-18(14-20)15-27-22(30)9-8-17-10-12-28(13-11-17)16-19-5-1-2-7-21(19)29/h1-7,14,17,29H,8-13,15-16H2,(H,27,30). The number of piperidine rings is 1. The van der Waals surface area contributed by atoms with Gasteiger partial charge in [-0.2, -0.15) is 13.2 Å². The zero-order valence-electron chi connectivity index (χ0n) is 16.8. The molecule has 1 aliphatic rings. The van der Waals surface area contributed by atoms with Gasteiger partial charge in [0.1, 0.15) is 5.75 Å². The molecule has 2 aromatic carbocycles. The summed E-state index contributed by atoms with van der Waals surface area (Å²) in [6, 6.07) is 12.4. The number of nitrogens with one attached hydrogen (secondary N) is 1. The Kier molecular flexibility index (Phi) is 7.37. The molecule has 1 fully saturated rings. The van der Waals surface area contributed by atoms with Gasteiger partial charge in [-0.05, 0) is 62.0 Å². The third kappa shape index (κ3) is 6.49. The van der Waals surface area contributed by atoms with Crippen molar-refractivity contribution in [1.29, 1.82) is 0 Å². The largest absolute Gasteiger partial charge is 0.508 e. The molecule has 4 nitrogen and oxygen atoms in total. The first kappa shape index (κ1) is 22.2. The van der Waals surface area contributed by atoms with Crippen molar-refractivity contribution >= 4 is 5.91 Å². The maximum atomic E-state index is 12.8. The predicted octanol–water partition coefficient (Wildman–Crippen LogP) is 4.72. The Balaban J connectivity index is 1.36. The third-order valence-electron chi connectivity index (χ3n) is 5.62. The summed E-state index contributed by atoms with van der Waals surface area (Å²) in [6.45, 7) is 2.66. The van der Waals surface area contributed by atoms with E-state index in [-0.39, 0.29) is 12.5 Å². The van der Waals surface area contributed by atoms with Crippen LogP contribution in [0.25, 0.3) is 0 Å². The molecule has 0 saturated carbocycles. The Labute approximate surface area is 174 Å². The fourth-order valence-corrected chi connectivity index (χ4v) is 3.80. The van der Waals surface area contributed by atoms with Crippen LogP contribution in [0.1, 0.15) is 42.4 Å². The molecule has 1 amide bonds. The lowest BCUT2D eigenvalue weighted by Crippen LogP contribution is -2.33. The van der Waals surface area contributed by atoms with Crippen LogP contribution in [0.2, 0.25) is 0 Å². The maximum Gasteiger partial charge on any atom is 0.416 e. The second kappa shape index (κ2) is 9.98. The SMILES string of the molecule is O=C(CCC1CCN(Cc2ccccc2O)CC1)NCc1cccc(C(F)(F)F)c1. The van der Waals surface area contributed by atoms with E-state index in [0.717, 1.165) is 56.6 Å². The van der Waals surface area contributed by atoms with Crippen LogP contribution < -0.4 is 5.32 Å². The predicted molar refractivity (Wildman–Crippen MR) is 109 cm³/mol. The summed E-state index contributed by atoms with van der Waals surface area (Å²) in [5.74, 6) is 0.644.